The first-order chi connectivity index (χ1) is 16.0. The minimum Gasteiger partial charge on any atom is -0.463 e. The molecule has 3 heterocycles. The Morgan fingerprint density at radius 2 is 1.85 bits per heavy atom. The second-order valence-corrected chi connectivity index (χ2v) is 10.5. The molecule has 15 heteroatoms. The zero-order valence-electron chi connectivity index (χ0n) is 17.4. The van der Waals surface area contributed by atoms with Gasteiger partial charge in [0.15, 0.2) is 5.69 Å². The molecular formula is C19H18ClN5O6S3. The maximum absolute atomic E-state index is 12.6. The maximum atomic E-state index is 12.6. The summed E-state index contributed by atoms with van der Waals surface area (Å²) >= 11 is 8.09. The zero-order chi connectivity index (χ0) is 24.9. The van der Waals surface area contributed by atoms with E-state index in [1.807, 2.05) is 0 Å². The fraction of sp³-hybridized carbons (Fsp3) is 0.158. The van der Waals surface area contributed by atoms with E-state index in [0.717, 1.165) is 28.6 Å². The number of amidine groups is 1. The van der Waals surface area contributed by atoms with Gasteiger partial charge in [0.1, 0.15) is 6.61 Å². The summed E-state index contributed by atoms with van der Waals surface area (Å²) in [5, 5.41) is 14.8. The highest BCUT2D eigenvalue weighted by Crippen LogP contribution is 2.25. The Bertz CT molecular complexity index is 1300. The Hall–Kier alpha value is -3.04. The van der Waals surface area contributed by atoms with Crippen LogP contribution in [0.25, 0.3) is 0 Å². The van der Waals surface area contributed by atoms with Crippen molar-refractivity contribution in [1.29, 1.82) is 5.41 Å². The van der Waals surface area contributed by atoms with Gasteiger partial charge in [-0.1, -0.05) is 11.6 Å². The number of thiophene rings is 1. The van der Waals surface area contributed by atoms with E-state index in [4.69, 9.17) is 26.3 Å². The van der Waals surface area contributed by atoms with Crippen molar-refractivity contribution in [2.75, 3.05) is 34.9 Å². The fourth-order valence-electron chi connectivity index (χ4n) is 2.68. The third-order valence-corrected chi connectivity index (χ3v) is 5.92. The fourth-order valence-corrected chi connectivity index (χ4v) is 4.24. The zero-order valence-corrected chi connectivity index (χ0v) is 20.6. The molecule has 1 saturated heterocycles. The minimum atomic E-state index is -3.67. The summed E-state index contributed by atoms with van der Waals surface area (Å²) in [6.07, 6.45) is 0.715. The summed E-state index contributed by atoms with van der Waals surface area (Å²) < 4.78 is 35.6. The van der Waals surface area contributed by atoms with Crippen molar-refractivity contribution >= 4 is 79.5 Å². The van der Waals surface area contributed by atoms with Crippen molar-refractivity contribution in [2.24, 2.45) is 0 Å². The predicted octanol–water partition coefficient (Wildman–Crippen LogP) is 3.64. The average Bonchev–Trinajstić information content (AvgIpc) is 3.49. The van der Waals surface area contributed by atoms with Gasteiger partial charge in [-0.2, -0.15) is 12.8 Å². The standard InChI is InChI=1S/C18H14ClN5O3S2.CH4O3S/c19-14-6-5-13(29-14)16(25)22-12-9-28-23-15(12)17(26)21-10-1-3-11(4-2-10)24-7-8-27-18(24)20;1-5(2,3)4/h1-6,9,20H,7-8H2,(H,21,26)(H,22,25);1H3,(H,2,3,4). The van der Waals surface area contributed by atoms with Crippen LogP contribution in [0.5, 0.6) is 0 Å². The highest BCUT2D eigenvalue weighted by Gasteiger charge is 2.21. The predicted molar refractivity (Wildman–Crippen MR) is 132 cm³/mol. The largest absolute Gasteiger partial charge is 0.463 e. The van der Waals surface area contributed by atoms with Crippen LogP contribution >= 0.6 is 34.5 Å². The van der Waals surface area contributed by atoms with Crippen LogP contribution in [0.2, 0.25) is 4.34 Å². The summed E-state index contributed by atoms with van der Waals surface area (Å²) in [5.41, 5.74) is 1.84. The van der Waals surface area contributed by atoms with Crippen LogP contribution in [-0.4, -0.2) is 54.6 Å². The van der Waals surface area contributed by atoms with Crippen molar-refractivity contribution in [3.8, 4) is 0 Å². The van der Waals surface area contributed by atoms with Gasteiger partial charge < -0.3 is 15.4 Å². The number of amides is 2. The number of benzene rings is 1. The lowest BCUT2D eigenvalue weighted by atomic mass is 10.2. The van der Waals surface area contributed by atoms with Gasteiger partial charge in [-0.3, -0.25) is 24.5 Å². The number of anilines is 3. The van der Waals surface area contributed by atoms with Crippen molar-refractivity contribution in [2.45, 2.75) is 0 Å². The van der Waals surface area contributed by atoms with Crippen LogP contribution in [0, 0.1) is 5.41 Å². The molecule has 2 aromatic heterocycles. The molecule has 3 aromatic rings. The second kappa shape index (κ2) is 10.9. The van der Waals surface area contributed by atoms with Crippen LogP contribution in [0.1, 0.15) is 20.2 Å². The van der Waals surface area contributed by atoms with Gasteiger partial charge in [0, 0.05) is 16.8 Å². The number of hydrogen-bond acceptors (Lipinski definition) is 9. The molecule has 0 atom stereocenters. The molecule has 0 unspecified atom stereocenters. The van der Waals surface area contributed by atoms with Crippen LogP contribution < -0.4 is 15.5 Å². The van der Waals surface area contributed by atoms with Crippen LogP contribution in [0.3, 0.4) is 0 Å². The number of hydrogen-bond donors (Lipinski definition) is 4. The molecule has 0 aliphatic carbocycles. The third kappa shape index (κ3) is 7.23. The molecule has 0 radical (unpaired) electrons. The van der Waals surface area contributed by atoms with Gasteiger partial charge in [0.05, 0.1) is 27.7 Å². The molecule has 1 aliphatic rings. The van der Waals surface area contributed by atoms with Crippen LogP contribution in [0.4, 0.5) is 17.1 Å². The van der Waals surface area contributed by atoms with Gasteiger partial charge in [-0.15, -0.1) is 11.3 Å². The Kier molecular flexibility index (Phi) is 8.22. The molecule has 11 nitrogen and oxygen atoms in total. The van der Waals surface area contributed by atoms with E-state index in [0.29, 0.717) is 40.0 Å². The topological polar surface area (TPSA) is 162 Å². The molecule has 34 heavy (non-hydrogen) atoms. The number of halogens is 1. The van der Waals surface area contributed by atoms with E-state index in [1.54, 1.807) is 46.7 Å². The number of carbonyl (C=O) groups excluding carboxylic acids is 2. The highest BCUT2D eigenvalue weighted by atomic mass is 35.5. The Morgan fingerprint density at radius 3 is 2.41 bits per heavy atom. The van der Waals surface area contributed by atoms with Crippen molar-refractivity contribution in [3.63, 3.8) is 0 Å². The number of nitrogens with one attached hydrogen (secondary N) is 3. The molecule has 1 aromatic carbocycles. The van der Waals surface area contributed by atoms with E-state index in [9.17, 15) is 18.0 Å². The molecule has 2 amide bonds. The highest BCUT2D eigenvalue weighted by molar-refractivity contribution is 7.85. The molecule has 0 spiro atoms. The van der Waals surface area contributed by atoms with Crippen molar-refractivity contribution in [1.82, 2.24) is 4.37 Å². The lowest BCUT2D eigenvalue weighted by Gasteiger charge is -2.15. The molecular weight excluding hydrogens is 526 g/mol. The molecule has 0 saturated carbocycles. The summed E-state index contributed by atoms with van der Waals surface area (Å²) in [4.78, 5) is 27.1. The lowest BCUT2D eigenvalue weighted by Crippen LogP contribution is -2.23. The van der Waals surface area contributed by atoms with Crippen molar-refractivity contribution < 1.29 is 27.3 Å². The molecule has 180 valence electrons. The Labute approximate surface area is 207 Å². The Balaban J connectivity index is 0.000000588. The molecule has 1 fully saturated rings. The maximum Gasteiger partial charge on any atom is 0.289 e. The lowest BCUT2D eigenvalue weighted by molar-refractivity contribution is 0.102. The van der Waals surface area contributed by atoms with Gasteiger partial charge >= 0.3 is 0 Å². The van der Waals surface area contributed by atoms with Gasteiger partial charge in [-0.25, -0.2) is 0 Å². The van der Waals surface area contributed by atoms with E-state index in [-0.39, 0.29) is 17.6 Å². The normalized spacial score (nSPS) is 13.0. The quantitative estimate of drug-likeness (QED) is 0.354. The first-order valence-electron chi connectivity index (χ1n) is 9.35. The SMILES string of the molecule is CS(=O)(=O)O.N=C1OCCN1c1ccc(NC(=O)c2nscc2NC(=O)c2ccc(Cl)s2)cc1. The number of nitrogens with zero attached hydrogens (tertiary/aromatic N) is 2. The van der Waals surface area contributed by atoms with Crippen LogP contribution in [0.15, 0.2) is 41.8 Å². The van der Waals surface area contributed by atoms with Crippen molar-refractivity contribution in [3.05, 3.63) is 56.7 Å². The third-order valence-electron chi connectivity index (χ3n) is 4.07. The first kappa shape index (κ1) is 25.6. The smallest absolute Gasteiger partial charge is 0.289 e. The number of rotatable bonds is 5. The number of ether oxygens (including phenoxy) is 1. The summed E-state index contributed by atoms with van der Waals surface area (Å²) in [6, 6.07) is 10.4. The van der Waals surface area contributed by atoms with Gasteiger partial charge in [0.25, 0.3) is 28.0 Å². The van der Waals surface area contributed by atoms with E-state index in [1.165, 1.54) is 0 Å². The van der Waals surface area contributed by atoms with E-state index >= 15 is 0 Å². The monoisotopic (exact) mass is 543 g/mol. The second-order valence-electron chi connectivity index (χ2n) is 6.67. The summed E-state index contributed by atoms with van der Waals surface area (Å²) in [7, 11) is -3.67. The average molecular weight is 544 g/mol. The Morgan fingerprint density at radius 1 is 1.18 bits per heavy atom. The molecule has 4 N–H and O–H groups in total. The van der Waals surface area contributed by atoms with Gasteiger partial charge in [-0.05, 0) is 47.9 Å². The minimum absolute atomic E-state index is 0.108. The van der Waals surface area contributed by atoms with Gasteiger partial charge in [0.2, 0.25) is 0 Å². The number of carbonyl (C=O) groups is 2. The molecule has 4 rings (SSSR count). The molecule has 0 bridgehead atoms. The van der Waals surface area contributed by atoms with E-state index < -0.39 is 16.0 Å². The van der Waals surface area contributed by atoms with E-state index in [2.05, 4.69) is 15.0 Å². The summed E-state index contributed by atoms with van der Waals surface area (Å²) in [6.45, 7) is 1.09. The first-order valence-corrected chi connectivity index (χ1v) is 13.2. The van der Waals surface area contributed by atoms with Crippen LogP contribution in [-0.2, 0) is 14.9 Å². The molecule has 1 aliphatic heterocycles. The number of aromatic nitrogens is 1. The summed E-state index contributed by atoms with van der Waals surface area (Å²) in [5.74, 6) is -0.786.